The molecule has 1 aromatic rings. The molecule has 2 rings (SSSR count). The largest absolute Gasteiger partial charge is 0.325 e. The summed E-state index contributed by atoms with van der Waals surface area (Å²) in [5.41, 5.74) is 0.164. The average Bonchev–Trinajstić information content (AvgIpc) is 2.64. The van der Waals surface area contributed by atoms with Crippen molar-refractivity contribution < 1.29 is 14.5 Å². The van der Waals surface area contributed by atoms with E-state index in [0.29, 0.717) is 17.5 Å². The van der Waals surface area contributed by atoms with Gasteiger partial charge in [0.1, 0.15) is 5.54 Å². The molecule has 7 heteroatoms. The molecule has 1 saturated heterocycles. The first-order valence-corrected chi connectivity index (χ1v) is 7.17. The molecule has 1 N–H and O–H groups in total. The maximum atomic E-state index is 12.5. The predicted molar refractivity (Wildman–Crippen MR) is 80.2 cm³/mol. The van der Waals surface area contributed by atoms with Crippen LogP contribution in [0.15, 0.2) is 18.2 Å². The second kappa shape index (κ2) is 5.75. The molecule has 0 spiro atoms. The van der Waals surface area contributed by atoms with Crippen molar-refractivity contribution in [1.29, 1.82) is 0 Å². The van der Waals surface area contributed by atoms with Crippen molar-refractivity contribution in [3.05, 3.63) is 39.4 Å². The number of nitrogens with one attached hydrogen (secondary N) is 1. The Morgan fingerprint density at radius 1 is 1.36 bits per heavy atom. The van der Waals surface area contributed by atoms with Crippen molar-refractivity contribution in [2.24, 2.45) is 0 Å². The number of hydrogen-bond acceptors (Lipinski definition) is 4. The van der Waals surface area contributed by atoms with Gasteiger partial charge in [0.25, 0.3) is 11.6 Å². The zero-order chi connectivity index (χ0) is 16.5. The molecule has 1 heterocycles. The van der Waals surface area contributed by atoms with Gasteiger partial charge in [-0.05, 0) is 25.8 Å². The molecule has 3 amide bonds. The molecule has 7 nitrogen and oxygen atoms in total. The zero-order valence-electron chi connectivity index (χ0n) is 12.9. The molecule has 1 atom stereocenters. The summed E-state index contributed by atoms with van der Waals surface area (Å²) in [5, 5.41) is 13.7. The van der Waals surface area contributed by atoms with Gasteiger partial charge in [-0.3, -0.25) is 19.8 Å². The van der Waals surface area contributed by atoms with Gasteiger partial charge >= 0.3 is 6.03 Å². The number of rotatable bonds is 5. The lowest BCUT2D eigenvalue weighted by Gasteiger charge is -2.21. The van der Waals surface area contributed by atoms with Crippen LogP contribution in [0.2, 0.25) is 0 Å². The van der Waals surface area contributed by atoms with Crippen LogP contribution in [0.5, 0.6) is 0 Å². The van der Waals surface area contributed by atoms with Gasteiger partial charge in [-0.1, -0.05) is 25.5 Å². The molecule has 1 aliphatic rings. The number of nitro benzene ring substituents is 1. The van der Waals surface area contributed by atoms with E-state index < -0.39 is 16.5 Å². The van der Waals surface area contributed by atoms with Gasteiger partial charge in [-0.15, -0.1) is 0 Å². The van der Waals surface area contributed by atoms with E-state index in [0.717, 1.165) is 11.3 Å². The van der Waals surface area contributed by atoms with Crippen LogP contribution in [-0.2, 0) is 11.3 Å². The molecule has 22 heavy (non-hydrogen) atoms. The minimum Gasteiger partial charge on any atom is -0.323 e. The summed E-state index contributed by atoms with van der Waals surface area (Å²) in [5.74, 6) is -0.287. The van der Waals surface area contributed by atoms with Crippen molar-refractivity contribution >= 4 is 17.6 Å². The Labute approximate surface area is 128 Å². The van der Waals surface area contributed by atoms with Gasteiger partial charge in [-0.25, -0.2) is 4.79 Å². The Morgan fingerprint density at radius 3 is 2.64 bits per heavy atom. The van der Waals surface area contributed by atoms with Gasteiger partial charge < -0.3 is 5.32 Å². The first kappa shape index (κ1) is 15.9. The summed E-state index contributed by atoms with van der Waals surface area (Å²) < 4.78 is 0. The third-order valence-corrected chi connectivity index (χ3v) is 4.04. The highest BCUT2D eigenvalue weighted by Gasteiger charge is 2.47. The van der Waals surface area contributed by atoms with Crippen LogP contribution in [0.3, 0.4) is 0 Å². The highest BCUT2D eigenvalue weighted by atomic mass is 16.6. The zero-order valence-corrected chi connectivity index (χ0v) is 12.9. The minimum atomic E-state index is -0.888. The first-order chi connectivity index (χ1) is 10.3. The molecular formula is C15H19N3O4. The molecule has 1 fully saturated rings. The van der Waals surface area contributed by atoms with E-state index in [4.69, 9.17) is 0 Å². The van der Waals surface area contributed by atoms with Crippen LogP contribution >= 0.6 is 0 Å². The van der Waals surface area contributed by atoms with Gasteiger partial charge in [-0.2, -0.15) is 0 Å². The van der Waals surface area contributed by atoms with Gasteiger partial charge in [0.05, 0.1) is 11.5 Å². The summed E-state index contributed by atoms with van der Waals surface area (Å²) in [7, 11) is 0. The van der Waals surface area contributed by atoms with E-state index in [1.54, 1.807) is 26.0 Å². The fourth-order valence-corrected chi connectivity index (χ4v) is 2.77. The topological polar surface area (TPSA) is 92.6 Å². The third kappa shape index (κ3) is 2.66. The van der Waals surface area contributed by atoms with E-state index >= 15 is 0 Å². The lowest BCUT2D eigenvalue weighted by Crippen LogP contribution is -2.43. The molecule has 0 aromatic heterocycles. The summed E-state index contributed by atoms with van der Waals surface area (Å²) in [6, 6.07) is 4.21. The summed E-state index contributed by atoms with van der Waals surface area (Å²) >= 11 is 0. The fraction of sp³-hybridized carbons (Fsp3) is 0.467. The summed E-state index contributed by atoms with van der Waals surface area (Å²) in [6.45, 7) is 5.31. The maximum absolute atomic E-state index is 12.5. The second-order valence-electron chi connectivity index (χ2n) is 5.72. The highest BCUT2D eigenvalue weighted by molar-refractivity contribution is 6.06. The third-order valence-electron chi connectivity index (χ3n) is 4.04. The lowest BCUT2D eigenvalue weighted by atomic mass is 9.96. The van der Waals surface area contributed by atoms with Gasteiger partial charge in [0.15, 0.2) is 0 Å². The summed E-state index contributed by atoms with van der Waals surface area (Å²) in [6.07, 6.45) is 1.33. The first-order valence-electron chi connectivity index (χ1n) is 7.17. The maximum Gasteiger partial charge on any atom is 0.325 e. The number of nitrogens with zero attached hydrogens (tertiary/aromatic N) is 2. The van der Waals surface area contributed by atoms with Crippen LogP contribution in [0, 0.1) is 17.0 Å². The van der Waals surface area contributed by atoms with Crippen LogP contribution < -0.4 is 5.32 Å². The van der Waals surface area contributed by atoms with E-state index in [1.165, 1.54) is 6.07 Å². The molecule has 0 aliphatic carbocycles. The minimum absolute atomic E-state index is 0.0131. The molecular weight excluding hydrogens is 286 g/mol. The Morgan fingerprint density at radius 2 is 2.05 bits per heavy atom. The van der Waals surface area contributed by atoms with E-state index in [-0.39, 0.29) is 18.1 Å². The number of imide groups is 1. The highest BCUT2D eigenvalue weighted by Crippen LogP contribution is 2.27. The van der Waals surface area contributed by atoms with Crippen LogP contribution in [-0.4, -0.2) is 27.3 Å². The quantitative estimate of drug-likeness (QED) is 0.514. The van der Waals surface area contributed by atoms with Crippen molar-refractivity contribution in [2.45, 2.75) is 45.7 Å². The fourth-order valence-electron chi connectivity index (χ4n) is 2.77. The number of nitro groups is 1. The second-order valence-corrected chi connectivity index (χ2v) is 5.72. The van der Waals surface area contributed by atoms with Gasteiger partial charge in [0.2, 0.25) is 0 Å². The monoisotopic (exact) mass is 305 g/mol. The lowest BCUT2D eigenvalue weighted by molar-refractivity contribution is -0.385. The average molecular weight is 305 g/mol. The van der Waals surface area contributed by atoms with Crippen molar-refractivity contribution in [3.63, 3.8) is 0 Å². The van der Waals surface area contributed by atoms with E-state index in [2.05, 4.69) is 5.32 Å². The molecule has 1 aromatic carbocycles. The number of benzene rings is 1. The molecule has 0 saturated carbocycles. The summed E-state index contributed by atoms with van der Waals surface area (Å²) in [4.78, 5) is 36.2. The van der Waals surface area contributed by atoms with Gasteiger partial charge in [0, 0.05) is 11.6 Å². The Kier molecular flexibility index (Phi) is 4.16. The van der Waals surface area contributed by atoms with Crippen molar-refractivity contribution in [1.82, 2.24) is 10.2 Å². The number of urea groups is 1. The Hall–Kier alpha value is -2.44. The van der Waals surface area contributed by atoms with Crippen LogP contribution in [0.4, 0.5) is 10.5 Å². The molecule has 0 radical (unpaired) electrons. The molecule has 1 aliphatic heterocycles. The predicted octanol–water partition coefficient (Wildman–Crippen LogP) is 2.51. The van der Waals surface area contributed by atoms with Crippen molar-refractivity contribution in [3.8, 4) is 0 Å². The number of hydrogen-bond donors (Lipinski definition) is 1. The Bertz CT molecular complexity index is 644. The van der Waals surface area contributed by atoms with E-state index in [1.807, 2.05) is 6.92 Å². The van der Waals surface area contributed by atoms with Crippen LogP contribution in [0.25, 0.3) is 0 Å². The number of carbonyl (C=O) groups excluding carboxylic acids is 2. The SMILES string of the molecule is CCCC1(C)NC(=O)N(Cc2cccc([N+](=O)[O-])c2C)C1=O. The smallest absolute Gasteiger partial charge is 0.323 e. The normalized spacial score (nSPS) is 21.1. The van der Waals surface area contributed by atoms with E-state index in [9.17, 15) is 19.7 Å². The van der Waals surface area contributed by atoms with Crippen molar-refractivity contribution in [2.75, 3.05) is 0 Å². The molecule has 0 bridgehead atoms. The standard InChI is InChI=1S/C15H19N3O4/c1-4-8-15(3)13(19)17(14(20)16-15)9-11-6-5-7-12(10(11)2)18(21)22/h5-7H,4,8-9H2,1-3H3,(H,16,20). The number of carbonyl (C=O) groups is 2. The van der Waals surface area contributed by atoms with Crippen LogP contribution in [0.1, 0.15) is 37.8 Å². The molecule has 1 unspecified atom stereocenters. The Balaban J connectivity index is 2.28. The number of amides is 3. The molecule has 118 valence electrons.